The fourth-order valence-corrected chi connectivity index (χ4v) is 3.25. The van der Waals surface area contributed by atoms with Crippen molar-refractivity contribution in [2.45, 2.75) is 65.1 Å². The van der Waals surface area contributed by atoms with E-state index in [0.717, 1.165) is 21.7 Å². The van der Waals surface area contributed by atoms with Crippen LogP contribution < -0.4 is 5.43 Å². The number of hydrazine groups is 1. The number of aryl methyl sites for hydroxylation is 1. The first-order valence-corrected chi connectivity index (χ1v) is 11.3. The summed E-state index contributed by atoms with van der Waals surface area (Å²) in [6, 6.07) is 14.2. The van der Waals surface area contributed by atoms with Crippen LogP contribution in [0, 0.1) is 6.92 Å². The van der Waals surface area contributed by atoms with Crippen LogP contribution in [-0.4, -0.2) is 52.4 Å². The number of esters is 1. The second kappa shape index (κ2) is 12.2. The van der Waals surface area contributed by atoms with Crippen molar-refractivity contribution < 1.29 is 29.0 Å². The number of rotatable bonds is 10. The molecule has 34 heavy (non-hydrogen) atoms. The second-order valence-corrected chi connectivity index (χ2v) is 9.02. The first-order chi connectivity index (χ1) is 16.0. The Balaban J connectivity index is 2.42. The van der Waals surface area contributed by atoms with E-state index in [2.05, 4.69) is 5.43 Å². The van der Waals surface area contributed by atoms with E-state index in [1.54, 1.807) is 27.7 Å². The van der Waals surface area contributed by atoms with Gasteiger partial charge in [0, 0.05) is 12.8 Å². The number of carbonyl (C=O) groups is 3. The van der Waals surface area contributed by atoms with Crippen LogP contribution >= 0.6 is 0 Å². The molecule has 8 nitrogen and oxygen atoms in total. The molecule has 0 spiro atoms. The Kier molecular flexibility index (Phi) is 9.62. The van der Waals surface area contributed by atoms with Crippen molar-refractivity contribution in [2.24, 2.45) is 0 Å². The van der Waals surface area contributed by atoms with E-state index in [-0.39, 0.29) is 19.4 Å². The molecular formula is C26H34N2O6. The smallest absolute Gasteiger partial charge is 0.425 e. The van der Waals surface area contributed by atoms with Crippen molar-refractivity contribution in [3.8, 4) is 0 Å². The van der Waals surface area contributed by atoms with Gasteiger partial charge in [-0.05, 0) is 45.7 Å². The average Bonchev–Trinajstić information content (AvgIpc) is 2.76. The molecular weight excluding hydrogens is 436 g/mol. The minimum absolute atomic E-state index is 0.0930. The highest BCUT2D eigenvalue weighted by Gasteiger charge is 2.37. The Morgan fingerprint density at radius 1 is 0.971 bits per heavy atom. The first-order valence-electron chi connectivity index (χ1n) is 11.3. The molecule has 1 amide bonds. The van der Waals surface area contributed by atoms with Crippen molar-refractivity contribution in [3.63, 3.8) is 0 Å². The normalized spacial score (nSPS) is 13.0. The maximum Gasteiger partial charge on any atom is 0.425 e. The third kappa shape index (κ3) is 8.51. The molecule has 2 N–H and O–H groups in total. The van der Waals surface area contributed by atoms with E-state index >= 15 is 0 Å². The van der Waals surface area contributed by atoms with Crippen LogP contribution in [-0.2, 0) is 31.9 Å². The zero-order valence-corrected chi connectivity index (χ0v) is 20.4. The Bertz CT molecular complexity index is 954. The summed E-state index contributed by atoms with van der Waals surface area (Å²) in [7, 11) is 0. The molecule has 184 valence electrons. The summed E-state index contributed by atoms with van der Waals surface area (Å²) in [5.74, 6) is -1.83. The molecule has 0 heterocycles. The van der Waals surface area contributed by atoms with Gasteiger partial charge in [0.2, 0.25) is 0 Å². The fourth-order valence-electron chi connectivity index (χ4n) is 3.25. The zero-order chi connectivity index (χ0) is 25.3. The lowest BCUT2D eigenvalue weighted by Gasteiger charge is -2.34. The third-order valence-corrected chi connectivity index (χ3v) is 4.89. The van der Waals surface area contributed by atoms with Crippen molar-refractivity contribution in [1.29, 1.82) is 0 Å². The number of carboxylic acids is 1. The van der Waals surface area contributed by atoms with Crippen LogP contribution in [0.4, 0.5) is 4.79 Å². The van der Waals surface area contributed by atoms with Crippen LogP contribution in [0.1, 0.15) is 44.4 Å². The van der Waals surface area contributed by atoms with Gasteiger partial charge in [-0.15, -0.1) is 0 Å². The van der Waals surface area contributed by atoms with E-state index in [1.807, 2.05) is 61.5 Å². The minimum atomic E-state index is -1.19. The van der Waals surface area contributed by atoms with Gasteiger partial charge in [0.05, 0.1) is 6.61 Å². The number of hydrogen-bond acceptors (Lipinski definition) is 6. The van der Waals surface area contributed by atoms with Crippen molar-refractivity contribution >= 4 is 18.0 Å². The van der Waals surface area contributed by atoms with Gasteiger partial charge in [0.1, 0.15) is 11.6 Å². The number of hydrogen-bond donors (Lipinski definition) is 2. The molecule has 2 aromatic rings. The number of nitrogens with zero attached hydrogens (tertiary/aromatic N) is 1. The van der Waals surface area contributed by atoms with E-state index in [1.165, 1.54) is 0 Å². The lowest BCUT2D eigenvalue weighted by molar-refractivity contribution is -0.153. The molecule has 0 saturated carbocycles. The summed E-state index contributed by atoms with van der Waals surface area (Å²) in [4.78, 5) is 38.3. The summed E-state index contributed by atoms with van der Waals surface area (Å²) in [5.41, 5.74) is 4.49. The number of carboxylic acid groups (broad SMARTS) is 1. The van der Waals surface area contributed by atoms with Crippen molar-refractivity contribution in [3.05, 3.63) is 71.3 Å². The molecule has 0 unspecified atom stereocenters. The molecule has 0 saturated heterocycles. The Hall–Kier alpha value is -3.39. The maximum atomic E-state index is 13.2. The van der Waals surface area contributed by atoms with Crippen molar-refractivity contribution in [2.75, 3.05) is 6.61 Å². The Labute approximate surface area is 200 Å². The lowest BCUT2D eigenvalue weighted by Crippen LogP contribution is -2.60. The van der Waals surface area contributed by atoms with E-state index in [4.69, 9.17) is 9.47 Å². The standard InChI is InChI=1S/C26H34N2O6/c1-6-33-24(31)22(17-19-10-8-7-9-11-19)28(25(32)34-26(3,4)5)27-21(23(29)30)16-20-14-12-18(2)13-15-20/h7-15,21-22,27H,6,16-17H2,1-5H3,(H,29,30)/t21-,22-/m0/s1. The molecule has 2 atom stereocenters. The van der Waals surface area contributed by atoms with Gasteiger partial charge in [-0.3, -0.25) is 4.79 Å². The monoisotopic (exact) mass is 470 g/mol. The molecule has 8 heteroatoms. The van der Waals surface area contributed by atoms with Gasteiger partial charge in [-0.2, -0.15) is 0 Å². The van der Waals surface area contributed by atoms with Gasteiger partial charge in [0.25, 0.3) is 0 Å². The molecule has 2 rings (SSSR count). The number of benzene rings is 2. The zero-order valence-electron chi connectivity index (χ0n) is 20.4. The van der Waals surface area contributed by atoms with Crippen LogP contribution in [0.25, 0.3) is 0 Å². The second-order valence-electron chi connectivity index (χ2n) is 9.02. The quantitative estimate of drug-likeness (QED) is 0.401. The molecule has 0 radical (unpaired) electrons. The summed E-state index contributed by atoms with van der Waals surface area (Å²) >= 11 is 0. The van der Waals surface area contributed by atoms with Crippen LogP contribution in [0.5, 0.6) is 0 Å². The number of ether oxygens (including phenoxy) is 2. The lowest BCUT2D eigenvalue weighted by atomic mass is 10.0. The largest absolute Gasteiger partial charge is 0.480 e. The van der Waals surface area contributed by atoms with E-state index in [9.17, 15) is 19.5 Å². The van der Waals surface area contributed by atoms with Crippen LogP contribution in [0.2, 0.25) is 0 Å². The van der Waals surface area contributed by atoms with Gasteiger partial charge < -0.3 is 14.6 Å². The number of nitrogens with one attached hydrogen (secondary N) is 1. The molecule has 0 fully saturated rings. The number of aliphatic carboxylic acids is 1. The summed E-state index contributed by atoms with van der Waals surface area (Å²) in [6.07, 6.45) is -0.657. The molecule has 2 aromatic carbocycles. The highest BCUT2D eigenvalue weighted by Crippen LogP contribution is 2.17. The fraction of sp³-hybridized carbons (Fsp3) is 0.423. The van der Waals surface area contributed by atoms with E-state index in [0.29, 0.717) is 0 Å². The SMILES string of the molecule is CCOC(=O)[C@H](Cc1ccccc1)N(N[C@@H](Cc1ccc(C)cc1)C(=O)O)C(=O)OC(C)(C)C. The number of carbonyl (C=O) groups excluding carboxylic acids is 2. The first kappa shape index (κ1) is 26.9. The summed E-state index contributed by atoms with van der Waals surface area (Å²) in [6.45, 7) is 8.80. The van der Waals surface area contributed by atoms with Gasteiger partial charge in [-0.1, -0.05) is 60.2 Å². The minimum Gasteiger partial charge on any atom is -0.480 e. The van der Waals surface area contributed by atoms with Gasteiger partial charge in [-0.25, -0.2) is 20.0 Å². The van der Waals surface area contributed by atoms with Gasteiger partial charge in [0.15, 0.2) is 6.04 Å². The molecule has 0 bridgehead atoms. The maximum absolute atomic E-state index is 13.2. The predicted molar refractivity (Wildman–Crippen MR) is 128 cm³/mol. The summed E-state index contributed by atoms with van der Waals surface area (Å²) < 4.78 is 10.8. The van der Waals surface area contributed by atoms with Crippen molar-refractivity contribution in [1.82, 2.24) is 10.4 Å². The number of amides is 1. The Morgan fingerprint density at radius 2 is 1.56 bits per heavy atom. The van der Waals surface area contributed by atoms with E-state index < -0.39 is 35.7 Å². The third-order valence-electron chi connectivity index (χ3n) is 4.89. The summed E-state index contributed by atoms with van der Waals surface area (Å²) in [5, 5.41) is 10.9. The molecule has 0 aliphatic rings. The topological polar surface area (TPSA) is 105 Å². The molecule has 0 aliphatic carbocycles. The predicted octanol–water partition coefficient (Wildman–Crippen LogP) is 3.91. The van der Waals surface area contributed by atoms with Gasteiger partial charge >= 0.3 is 18.0 Å². The molecule has 0 aromatic heterocycles. The van der Waals surface area contributed by atoms with Crippen LogP contribution in [0.3, 0.4) is 0 Å². The van der Waals surface area contributed by atoms with Crippen LogP contribution in [0.15, 0.2) is 54.6 Å². The highest BCUT2D eigenvalue weighted by molar-refractivity contribution is 5.82. The Morgan fingerprint density at radius 3 is 2.09 bits per heavy atom. The average molecular weight is 471 g/mol. The highest BCUT2D eigenvalue weighted by atomic mass is 16.6. The molecule has 0 aliphatic heterocycles.